The van der Waals surface area contributed by atoms with Crippen molar-refractivity contribution < 1.29 is 18.1 Å². The summed E-state index contributed by atoms with van der Waals surface area (Å²) in [7, 11) is -1.11. The molecule has 3 unspecified atom stereocenters. The molecule has 0 spiro atoms. The van der Waals surface area contributed by atoms with Crippen molar-refractivity contribution in [3.05, 3.63) is 34.6 Å². The molecule has 0 bridgehead atoms. The number of hydrogen-bond donors (Lipinski definition) is 0. The number of carbonyl (C=O) groups is 1. The van der Waals surface area contributed by atoms with Crippen LogP contribution in [-0.2, 0) is 20.3 Å². The number of amides is 1. The molecule has 1 fully saturated rings. The van der Waals surface area contributed by atoms with Gasteiger partial charge in [0.15, 0.2) is 0 Å². The summed E-state index contributed by atoms with van der Waals surface area (Å²) in [6, 6.07) is 3.65. The predicted octanol–water partition coefficient (Wildman–Crippen LogP) is 3.70. The van der Waals surface area contributed by atoms with E-state index < -0.39 is 22.7 Å². The average Bonchev–Trinajstić information content (AvgIpc) is 2.52. The molecule has 0 N–H and O–H groups in total. The van der Waals surface area contributed by atoms with E-state index in [2.05, 4.69) is 0 Å². The van der Waals surface area contributed by atoms with E-state index >= 15 is 0 Å². The van der Waals surface area contributed by atoms with Gasteiger partial charge in [-0.3, -0.25) is 9.00 Å². The molecule has 1 aromatic carbocycles. The quantitative estimate of drug-likeness (QED) is 0.771. The third-order valence-corrected chi connectivity index (χ3v) is 6.63. The van der Waals surface area contributed by atoms with E-state index in [1.54, 1.807) is 17.0 Å². The van der Waals surface area contributed by atoms with Crippen LogP contribution in [0, 0.1) is 5.82 Å². The second-order valence-electron chi connectivity index (χ2n) is 7.18. The first-order chi connectivity index (χ1) is 11.6. The highest BCUT2D eigenvalue weighted by Gasteiger charge is 2.37. The molecule has 0 radical (unpaired) electrons. The van der Waals surface area contributed by atoms with E-state index in [1.807, 2.05) is 27.7 Å². The summed E-state index contributed by atoms with van der Waals surface area (Å²) in [5.74, 6) is -0.312. The number of nitrogens with zero attached hydrogens (tertiary/aromatic N) is 1. The summed E-state index contributed by atoms with van der Waals surface area (Å²) in [6.45, 7) is 7.85. The molecular formula is C18H25ClFNO3S. The van der Waals surface area contributed by atoms with E-state index in [0.717, 1.165) is 0 Å². The number of hydrogen-bond acceptors (Lipinski definition) is 3. The van der Waals surface area contributed by atoms with Crippen LogP contribution in [0.3, 0.4) is 0 Å². The summed E-state index contributed by atoms with van der Waals surface area (Å²) in [5.41, 5.74) is 0.373. The number of carbonyl (C=O) groups excluding carboxylic acids is 1. The molecule has 0 aliphatic carbocycles. The van der Waals surface area contributed by atoms with Gasteiger partial charge in [0.25, 0.3) is 0 Å². The van der Waals surface area contributed by atoms with Crippen LogP contribution in [0.2, 0.25) is 5.02 Å². The molecule has 0 saturated carbocycles. The van der Waals surface area contributed by atoms with Crippen LogP contribution in [0.25, 0.3) is 0 Å². The Morgan fingerprint density at radius 2 is 2.12 bits per heavy atom. The van der Waals surface area contributed by atoms with E-state index in [4.69, 9.17) is 16.3 Å². The SMILES string of the molecule is CCC(CS(=O)C(C)(C)C)N1C(=O)COCC1c1ccc(Cl)cc1F. The van der Waals surface area contributed by atoms with Gasteiger partial charge in [-0.05, 0) is 39.3 Å². The lowest BCUT2D eigenvalue weighted by Crippen LogP contribution is -2.52. The molecule has 0 aromatic heterocycles. The Labute approximate surface area is 156 Å². The normalized spacial score (nSPS) is 21.3. The Kier molecular flexibility index (Phi) is 6.62. The molecule has 1 heterocycles. The van der Waals surface area contributed by atoms with Gasteiger partial charge < -0.3 is 9.64 Å². The van der Waals surface area contributed by atoms with Crippen LogP contribution >= 0.6 is 11.6 Å². The fourth-order valence-electron chi connectivity index (χ4n) is 2.88. The van der Waals surface area contributed by atoms with Crippen LogP contribution in [0.5, 0.6) is 0 Å². The maximum absolute atomic E-state index is 14.4. The Morgan fingerprint density at radius 1 is 1.44 bits per heavy atom. The van der Waals surface area contributed by atoms with Crippen molar-refractivity contribution in [2.75, 3.05) is 19.0 Å². The van der Waals surface area contributed by atoms with Crippen LogP contribution in [0.1, 0.15) is 45.7 Å². The van der Waals surface area contributed by atoms with Gasteiger partial charge in [0.2, 0.25) is 5.91 Å². The summed E-state index contributed by atoms with van der Waals surface area (Å²) in [5, 5.41) is 0.303. The number of halogens is 2. The smallest absolute Gasteiger partial charge is 0.249 e. The first-order valence-corrected chi connectivity index (χ1v) is 10.1. The third-order valence-electron chi connectivity index (χ3n) is 4.34. The summed E-state index contributed by atoms with van der Waals surface area (Å²) in [4.78, 5) is 14.2. The zero-order valence-corrected chi connectivity index (χ0v) is 16.6. The Morgan fingerprint density at radius 3 is 2.68 bits per heavy atom. The molecule has 1 aliphatic rings. The maximum atomic E-state index is 14.4. The number of ether oxygens (including phenoxy) is 1. The Bertz CT molecular complexity index is 662. The first-order valence-electron chi connectivity index (χ1n) is 8.37. The number of morpholine rings is 1. The largest absolute Gasteiger partial charge is 0.369 e. The number of rotatable bonds is 5. The molecule has 1 saturated heterocycles. The van der Waals surface area contributed by atoms with Gasteiger partial charge in [-0.1, -0.05) is 24.6 Å². The van der Waals surface area contributed by atoms with E-state index in [9.17, 15) is 13.4 Å². The highest BCUT2D eigenvalue weighted by atomic mass is 35.5. The topological polar surface area (TPSA) is 46.6 Å². The zero-order valence-electron chi connectivity index (χ0n) is 15.1. The van der Waals surface area contributed by atoms with Gasteiger partial charge in [0.05, 0.1) is 12.6 Å². The van der Waals surface area contributed by atoms with Crippen molar-refractivity contribution in [1.29, 1.82) is 0 Å². The van der Waals surface area contributed by atoms with Gasteiger partial charge in [-0.25, -0.2) is 4.39 Å². The first kappa shape index (κ1) is 20.3. The maximum Gasteiger partial charge on any atom is 0.249 e. The zero-order chi connectivity index (χ0) is 18.8. The Balaban J connectivity index is 2.34. The van der Waals surface area contributed by atoms with Gasteiger partial charge in [0.1, 0.15) is 12.4 Å². The molecular weight excluding hydrogens is 365 g/mol. The molecule has 4 nitrogen and oxygen atoms in total. The fourth-order valence-corrected chi connectivity index (χ4v) is 4.28. The van der Waals surface area contributed by atoms with Crippen LogP contribution in [0.4, 0.5) is 4.39 Å². The molecule has 1 aromatic rings. The summed E-state index contributed by atoms with van der Waals surface area (Å²) in [6.07, 6.45) is 0.638. The van der Waals surface area contributed by atoms with E-state index in [1.165, 1.54) is 6.07 Å². The lowest BCUT2D eigenvalue weighted by Gasteiger charge is -2.41. The Hall–Kier alpha value is -0.980. The molecule has 25 heavy (non-hydrogen) atoms. The highest BCUT2D eigenvalue weighted by molar-refractivity contribution is 7.86. The standard InChI is InChI=1S/C18H25ClFNO3S/c1-5-13(11-25(23)18(2,3)4)21-16(9-24-10-17(21)22)14-7-6-12(19)8-15(14)20/h6-8,13,16H,5,9-11H2,1-4H3. The molecule has 3 atom stereocenters. The van der Waals surface area contributed by atoms with E-state index in [-0.39, 0.29) is 29.9 Å². The fraction of sp³-hybridized carbons (Fsp3) is 0.611. The summed E-state index contributed by atoms with van der Waals surface area (Å²) >= 11 is 5.84. The van der Waals surface area contributed by atoms with Crippen molar-refractivity contribution in [1.82, 2.24) is 4.90 Å². The van der Waals surface area contributed by atoms with Crippen molar-refractivity contribution in [2.45, 2.75) is 50.9 Å². The van der Waals surface area contributed by atoms with Gasteiger partial charge in [-0.15, -0.1) is 0 Å². The average molecular weight is 390 g/mol. The van der Waals surface area contributed by atoms with Crippen molar-refractivity contribution in [3.63, 3.8) is 0 Å². The van der Waals surface area contributed by atoms with E-state index in [0.29, 0.717) is 22.8 Å². The minimum Gasteiger partial charge on any atom is -0.369 e. The van der Waals surface area contributed by atoms with Gasteiger partial charge in [0, 0.05) is 37.9 Å². The minimum absolute atomic E-state index is 0.0373. The van der Waals surface area contributed by atoms with Crippen molar-refractivity contribution in [3.8, 4) is 0 Å². The van der Waals surface area contributed by atoms with Crippen molar-refractivity contribution in [2.24, 2.45) is 0 Å². The molecule has 1 amide bonds. The minimum atomic E-state index is -1.11. The second-order valence-corrected chi connectivity index (χ2v) is 9.87. The van der Waals surface area contributed by atoms with Crippen LogP contribution < -0.4 is 0 Å². The van der Waals surface area contributed by atoms with Gasteiger partial charge >= 0.3 is 0 Å². The molecule has 140 valence electrons. The van der Waals surface area contributed by atoms with Gasteiger partial charge in [-0.2, -0.15) is 0 Å². The highest BCUT2D eigenvalue weighted by Crippen LogP contribution is 2.31. The second kappa shape index (κ2) is 8.14. The molecule has 7 heteroatoms. The number of benzene rings is 1. The molecule has 1 aliphatic heterocycles. The monoisotopic (exact) mass is 389 g/mol. The lowest BCUT2D eigenvalue weighted by atomic mass is 10.0. The summed E-state index contributed by atoms with van der Waals surface area (Å²) < 4.78 is 32.0. The van der Waals surface area contributed by atoms with Crippen LogP contribution in [0.15, 0.2) is 18.2 Å². The lowest BCUT2D eigenvalue weighted by molar-refractivity contribution is -0.151. The van der Waals surface area contributed by atoms with Crippen molar-refractivity contribution >= 4 is 28.3 Å². The molecule has 2 rings (SSSR count). The third kappa shape index (κ3) is 4.80. The predicted molar refractivity (Wildman–Crippen MR) is 98.7 cm³/mol. The van der Waals surface area contributed by atoms with Crippen LogP contribution in [-0.4, -0.2) is 44.8 Å².